The zero-order chi connectivity index (χ0) is 33.0. The highest BCUT2D eigenvalue weighted by atomic mass is 32.2. The fourth-order valence-corrected chi connectivity index (χ4v) is 9.12. The number of benzene rings is 7. The molecule has 2 unspecified atom stereocenters. The van der Waals surface area contributed by atoms with Gasteiger partial charge in [-0.15, -0.1) is 11.8 Å². The van der Waals surface area contributed by atoms with Crippen LogP contribution in [0.5, 0.6) is 0 Å². The molecule has 10 rings (SSSR count). The molecule has 0 saturated heterocycles. The molecule has 0 fully saturated rings. The molecule has 7 aromatic carbocycles. The lowest BCUT2D eigenvalue weighted by molar-refractivity contribution is 0.872. The fourth-order valence-electron chi connectivity index (χ4n) is 7.77. The van der Waals surface area contributed by atoms with Crippen LogP contribution in [0.3, 0.4) is 0 Å². The van der Waals surface area contributed by atoms with Crippen LogP contribution in [0.1, 0.15) is 11.5 Å². The molecule has 0 spiro atoms. The molecule has 1 aromatic heterocycles. The number of aromatic nitrogens is 1. The second-order valence-electron chi connectivity index (χ2n) is 13.1. The number of hydrogen-bond donors (Lipinski definition) is 0. The van der Waals surface area contributed by atoms with Crippen LogP contribution in [0.15, 0.2) is 187 Å². The SMILES string of the molecule is C1=CC2Sc3cc(-c4ccc(N(c5ccc(-c6ccccc6)cc5)c5cc6ccc7ccccc7c6c6ccccc56)cc4)ncc3C2C=C1. The minimum absolute atomic E-state index is 0.417. The van der Waals surface area contributed by atoms with Gasteiger partial charge in [-0.2, -0.15) is 0 Å². The molecular weight excluding hydrogens is 625 g/mol. The van der Waals surface area contributed by atoms with Gasteiger partial charge in [0.05, 0.1) is 11.4 Å². The lowest BCUT2D eigenvalue weighted by atomic mass is 9.93. The van der Waals surface area contributed by atoms with Crippen molar-refractivity contribution >= 4 is 61.1 Å². The number of nitrogens with zero attached hydrogens (tertiary/aromatic N) is 2. The number of rotatable bonds is 5. The standard InChI is InChI=1S/C47H32N2S/c1-2-10-31(11-3-1)32-20-24-36(25-21-32)49(44-28-35-19-18-33-12-4-5-13-38(33)47(35)41-16-7-6-14-39(41)44)37-26-22-34(23-27-37)43-29-46-42(30-48-43)40-15-8-9-17-45(40)50-46/h1-30,40,45H. The van der Waals surface area contributed by atoms with Gasteiger partial charge >= 0.3 is 0 Å². The number of fused-ring (bicyclic) bond motifs is 8. The van der Waals surface area contributed by atoms with E-state index in [2.05, 4.69) is 187 Å². The Hall–Kier alpha value is -5.90. The van der Waals surface area contributed by atoms with Crippen LogP contribution in [-0.4, -0.2) is 10.2 Å². The van der Waals surface area contributed by atoms with Gasteiger partial charge in [0.25, 0.3) is 0 Å². The summed E-state index contributed by atoms with van der Waals surface area (Å²) in [5.74, 6) is 0.417. The van der Waals surface area contributed by atoms with Crippen molar-refractivity contribution in [1.82, 2.24) is 4.98 Å². The Morgan fingerprint density at radius 3 is 1.96 bits per heavy atom. The summed E-state index contributed by atoms with van der Waals surface area (Å²) < 4.78 is 0. The molecule has 1 aliphatic carbocycles. The van der Waals surface area contributed by atoms with E-state index in [1.54, 1.807) is 0 Å². The van der Waals surface area contributed by atoms with Crippen molar-refractivity contribution in [3.05, 3.63) is 188 Å². The van der Waals surface area contributed by atoms with Gasteiger partial charge in [0.2, 0.25) is 0 Å². The Morgan fingerprint density at radius 1 is 0.520 bits per heavy atom. The van der Waals surface area contributed by atoms with Crippen molar-refractivity contribution in [2.24, 2.45) is 0 Å². The van der Waals surface area contributed by atoms with Gasteiger partial charge in [0, 0.05) is 44.6 Å². The van der Waals surface area contributed by atoms with E-state index in [9.17, 15) is 0 Å². The number of anilines is 3. The zero-order valence-electron chi connectivity index (χ0n) is 27.3. The van der Waals surface area contributed by atoms with E-state index >= 15 is 0 Å². The Morgan fingerprint density at radius 2 is 1.16 bits per heavy atom. The van der Waals surface area contributed by atoms with Crippen molar-refractivity contribution in [3.63, 3.8) is 0 Å². The summed E-state index contributed by atoms with van der Waals surface area (Å²) in [4.78, 5) is 8.70. The molecule has 0 amide bonds. The van der Waals surface area contributed by atoms with Gasteiger partial charge in [0.1, 0.15) is 0 Å². The summed E-state index contributed by atoms with van der Waals surface area (Å²) in [5.41, 5.74) is 9.24. The fraction of sp³-hybridized carbons (Fsp3) is 0.0426. The largest absolute Gasteiger partial charge is 0.310 e. The molecule has 2 aliphatic rings. The number of pyridine rings is 1. The van der Waals surface area contributed by atoms with Crippen molar-refractivity contribution in [2.45, 2.75) is 16.1 Å². The van der Waals surface area contributed by atoms with Crippen LogP contribution in [0.25, 0.3) is 54.7 Å². The van der Waals surface area contributed by atoms with Crippen molar-refractivity contribution in [3.8, 4) is 22.4 Å². The van der Waals surface area contributed by atoms with E-state index in [4.69, 9.17) is 4.98 Å². The molecule has 2 nitrogen and oxygen atoms in total. The number of allylic oxidation sites excluding steroid dienone is 3. The normalized spacial score (nSPS) is 16.2. The van der Waals surface area contributed by atoms with E-state index in [1.165, 1.54) is 53.9 Å². The van der Waals surface area contributed by atoms with Crippen LogP contribution >= 0.6 is 11.8 Å². The topological polar surface area (TPSA) is 16.1 Å². The first-order chi connectivity index (χ1) is 24.8. The first kappa shape index (κ1) is 29.1. The highest BCUT2D eigenvalue weighted by Crippen LogP contribution is 2.49. The summed E-state index contributed by atoms with van der Waals surface area (Å²) in [5, 5.41) is 7.99. The maximum absolute atomic E-state index is 4.96. The van der Waals surface area contributed by atoms with Crippen LogP contribution < -0.4 is 4.90 Å². The maximum Gasteiger partial charge on any atom is 0.0713 e. The molecule has 0 radical (unpaired) electrons. The highest BCUT2D eigenvalue weighted by molar-refractivity contribution is 8.00. The van der Waals surface area contributed by atoms with Crippen molar-refractivity contribution in [2.75, 3.05) is 4.90 Å². The van der Waals surface area contributed by atoms with Crippen molar-refractivity contribution in [1.29, 1.82) is 0 Å². The Balaban J connectivity index is 1.12. The second-order valence-corrected chi connectivity index (χ2v) is 14.3. The van der Waals surface area contributed by atoms with E-state index < -0.39 is 0 Å². The van der Waals surface area contributed by atoms with Gasteiger partial charge in [-0.25, -0.2) is 0 Å². The van der Waals surface area contributed by atoms with Crippen molar-refractivity contribution < 1.29 is 0 Å². The third-order valence-corrected chi connectivity index (χ3v) is 11.6. The maximum atomic E-state index is 4.96. The number of thioether (sulfide) groups is 1. The van der Waals surface area contributed by atoms with Gasteiger partial charge in [-0.1, -0.05) is 140 Å². The molecule has 2 heterocycles. The molecule has 236 valence electrons. The first-order valence-corrected chi connectivity index (χ1v) is 18.1. The van der Waals surface area contributed by atoms with E-state index in [-0.39, 0.29) is 0 Å². The van der Waals surface area contributed by atoms with E-state index in [0.717, 1.165) is 28.3 Å². The van der Waals surface area contributed by atoms with Crippen LogP contribution in [-0.2, 0) is 0 Å². The third kappa shape index (κ3) is 4.85. The average Bonchev–Trinajstić information content (AvgIpc) is 3.57. The first-order valence-electron chi connectivity index (χ1n) is 17.2. The number of hydrogen-bond acceptors (Lipinski definition) is 3. The van der Waals surface area contributed by atoms with Gasteiger partial charge in [-0.05, 0) is 80.0 Å². The van der Waals surface area contributed by atoms with Gasteiger partial charge in [0.15, 0.2) is 0 Å². The molecular formula is C47H32N2S. The lowest BCUT2D eigenvalue weighted by Gasteiger charge is -2.28. The predicted molar refractivity (Wildman–Crippen MR) is 213 cm³/mol. The average molecular weight is 657 g/mol. The summed E-state index contributed by atoms with van der Waals surface area (Å²) in [6.07, 6.45) is 11.0. The molecule has 3 heteroatoms. The molecule has 0 saturated carbocycles. The Labute approximate surface area is 296 Å². The second kappa shape index (κ2) is 11.9. The molecule has 50 heavy (non-hydrogen) atoms. The van der Waals surface area contributed by atoms with Gasteiger partial charge in [-0.3, -0.25) is 4.98 Å². The smallest absolute Gasteiger partial charge is 0.0713 e. The molecule has 0 bridgehead atoms. The Kier molecular flexibility index (Phi) is 6.92. The lowest BCUT2D eigenvalue weighted by Crippen LogP contribution is -2.10. The molecule has 2 atom stereocenters. The van der Waals surface area contributed by atoms with E-state index in [0.29, 0.717) is 11.2 Å². The molecule has 1 aliphatic heterocycles. The summed E-state index contributed by atoms with van der Waals surface area (Å²) in [6, 6.07) is 55.2. The highest BCUT2D eigenvalue weighted by Gasteiger charge is 2.31. The quantitative estimate of drug-likeness (QED) is 0.172. The minimum atomic E-state index is 0.417. The van der Waals surface area contributed by atoms with Gasteiger partial charge < -0.3 is 4.90 Å². The van der Waals surface area contributed by atoms with Crippen LogP contribution in [0.4, 0.5) is 17.1 Å². The van der Waals surface area contributed by atoms with Crippen LogP contribution in [0.2, 0.25) is 0 Å². The van der Waals surface area contributed by atoms with Crippen LogP contribution in [0, 0.1) is 0 Å². The third-order valence-electron chi connectivity index (χ3n) is 10.2. The Bertz CT molecular complexity index is 2620. The summed E-state index contributed by atoms with van der Waals surface area (Å²) in [7, 11) is 0. The summed E-state index contributed by atoms with van der Waals surface area (Å²) >= 11 is 1.95. The zero-order valence-corrected chi connectivity index (χ0v) is 28.1. The summed E-state index contributed by atoms with van der Waals surface area (Å²) in [6.45, 7) is 0. The van der Waals surface area contributed by atoms with E-state index in [1.807, 2.05) is 11.8 Å². The molecule has 0 N–H and O–H groups in total. The minimum Gasteiger partial charge on any atom is -0.310 e. The monoisotopic (exact) mass is 656 g/mol. The predicted octanol–water partition coefficient (Wildman–Crippen LogP) is 13.0. The molecule has 8 aromatic rings.